The van der Waals surface area contributed by atoms with Gasteiger partial charge in [0.25, 0.3) is 0 Å². The van der Waals surface area contributed by atoms with Crippen molar-refractivity contribution in [3.63, 3.8) is 0 Å². The molecule has 0 saturated heterocycles. The fourth-order valence-electron chi connectivity index (χ4n) is 1.89. The second-order valence-electron chi connectivity index (χ2n) is 6.50. The summed E-state index contributed by atoms with van der Waals surface area (Å²) in [5, 5.41) is 7.94. The van der Waals surface area contributed by atoms with Gasteiger partial charge in [-0.25, -0.2) is 4.79 Å². The van der Waals surface area contributed by atoms with E-state index in [2.05, 4.69) is 16.0 Å². The van der Waals surface area contributed by atoms with E-state index in [0.29, 0.717) is 36.9 Å². The Morgan fingerprint density at radius 3 is 2.48 bits per heavy atom. The molecule has 0 atom stereocenters. The molecule has 7 heteroatoms. The van der Waals surface area contributed by atoms with Crippen molar-refractivity contribution in [1.29, 1.82) is 0 Å². The van der Waals surface area contributed by atoms with E-state index in [-0.39, 0.29) is 23.9 Å². The number of amides is 3. The van der Waals surface area contributed by atoms with Gasteiger partial charge < -0.3 is 25.4 Å². The van der Waals surface area contributed by atoms with Crippen molar-refractivity contribution < 1.29 is 19.1 Å². The number of nitrogens with one attached hydrogen (secondary N) is 3. The minimum atomic E-state index is -0.364. The van der Waals surface area contributed by atoms with Crippen LogP contribution in [0.2, 0.25) is 0 Å². The van der Waals surface area contributed by atoms with Crippen LogP contribution in [0, 0.1) is 5.41 Å². The highest BCUT2D eigenvalue weighted by Gasteiger charge is 2.14. The Morgan fingerprint density at radius 2 is 1.78 bits per heavy atom. The molecule has 0 radical (unpaired) electrons. The predicted octanol–water partition coefficient (Wildman–Crippen LogP) is 1.74. The van der Waals surface area contributed by atoms with Crippen LogP contribution in [0.25, 0.3) is 0 Å². The molecule has 1 heterocycles. The Kier molecular flexibility index (Phi) is 5.31. The fraction of sp³-hybridized carbons (Fsp3) is 0.500. The molecule has 0 fully saturated rings. The van der Waals surface area contributed by atoms with Crippen LogP contribution in [0.1, 0.15) is 20.8 Å². The number of anilines is 1. The highest BCUT2D eigenvalue weighted by atomic mass is 16.6. The van der Waals surface area contributed by atoms with Crippen molar-refractivity contribution in [3.8, 4) is 11.5 Å². The SMILES string of the molecule is CC(C)(C)CNC(=O)NCC(=O)Nc1ccc2c(c1)OCCO2. The Bertz CT molecular complexity index is 581. The van der Waals surface area contributed by atoms with E-state index >= 15 is 0 Å². The number of ether oxygens (including phenoxy) is 2. The van der Waals surface area contributed by atoms with Gasteiger partial charge in [0.05, 0.1) is 6.54 Å². The molecule has 1 aliphatic heterocycles. The summed E-state index contributed by atoms with van der Waals surface area (Å²) >= 11 is 0. The zero-order valence-corrected chi connectivity index (χ0v) is 13.7. The van der Waals surface area contributed by atoms with Crippen molar-refractivity contribution in [1.82, 2.24) is 10.6 Å². The van der Waals surface area contributed by atoms with Crippen LogP contribution in [-0.2, 0) is 4.79 Å². The zero-order valence-electron chi connectivity index (χ0n) is 13.7. The fourth-order valence-corrected chi connectivity index (χ4v) is 1.89. The molecule has 2 rings (SSSR count). The van der Waals surface area contributed by atoms with Crippen molar-refractivity contribution in [2.75, 3.05) is 31.6 Å². The van der Waals surface area contributed by atoms with Gasteiger partial charge in [-0.1, -0.05) is 20.8 Å². The van der Waals surface area contributed by atoms with Crippen LogP contribution < -0.4 is 25.4 Å². The molecule has 0 spiro atoms. The summed E-state index contributed by atoms with van der Waals surface area (Å²) in [5.74, 6) is 0.950. The maximum absolute atomic E-state index is 11.9. The second kappa shape index (κ2) is 7.21. The molecule has 0 aromatic heterocycles. The lowest BCUT2D eigenvalue weighted by molar-refractivity contribution is -0.115. The van der Waals surface area contributed by atoms with Gasteiger partial charge in [0.15, 0.2) is 11.5 Å². The van der Waals surface area contributed by atoms with Crippen LogP contribution in [0.4, 0.5) is 10.5 Å². The molecule has 1 aliphatic rings. The number of carbonyl (C=O) groups excluding carboxylic acids is 2. The molecule has 0 aliphatic carbocycles. The van der Waals surface area contributed by atoms with E-state index in [1.54, 1.807) is 18.2 Å². The van der Waals surface area contributed by atoms with Crippen LogP contribution in [0.3, 0.4) is 0 Å². The minimum absolute atomic E-state index is 0.00913. The maximum Gasteiger partial charge on any atom is 0.315 e. The van der Waals surface area contributed by atoms with Gasteiger partial charge in [0, 0.05) is 18.3 Å². The summed E-state index contributed by atoms with van der Waals surface area (Å²) in [6.45, 7) is 7.48. The molecule has 126 valence electrons. The number of carbonyl (C=O) groups is 2. The highest BCUT2D eigenvalue weighted by Crippen LogP contribution is 2.32. The summed E-state index contributed by atoms with van der Waals surface area (Å²) in [4.78, 5) is 23.5. The van der Waals surface area contributed by atoms with Crippen molar-refractivity contribution >= 4 is 17.6 Å². The van der Waals surface area contributed by atoms with Gasteiger partial charge in [0.2, 0.25) is 5.91 Å². The summed E-state index contributed by atoms with van der Waals surface area (Å²) in [5.41, 5.74) is 0.585. The number of urea groups is 1. The molecule has 7 nitrogen and oxygen atoms in total. The summed E-state index contributed by atoms with van der Waals surface area (Å²) in [6.07, 6.45) is 0. The van der Waals surface area contributed by atoms with Gasteiger partial charge in [-0.15, -0.1) is 0 Å². The number of hydrogen-bond donors (Lipinski definition) is 3. The monoisotopic (exact) mass is 321 g/mol. The number of hydrogen-bond acceptors (Lipinski definition) is 4. The van der Waals surface area contributed by atoms with Gasteiger partial charge >= 0.3 is 6.03 Å². The largest absolute Gasteiger partial charge is 0.486 e. The lowest BCUT2D eigenvalue weighted by Crippen LogP contribution is -2.42. The van der Waals surface area contributed by atoms with Crippen LogP contribution in [0.5, 0.6) is 11.5 Å². The van der Waals surface area contributed by atoms with Gasteiger partial charge in [-0.2, -0.15) is 0 Å². The third kappa shape index (κ3) is 5.69. The van der Waals surface area contributed by atoms with Crippen molar-refractivity contribution in [2.45, 2.75) is 20.8 Å². The predicted molar refractivity (Wildman–Crippen MR) is 86.9 cm³/mol. The molecule has 3 N–H and O–H groups in total. The summed E-state index contributed by atoms with van der Waals surface area (Å²) in [6, 6.07) is 4.81. The molecule has 0 saturated carbocycles. The number of fused-ring (bicyclic) bond motifs is 1. The molecule has 3 amide bonds. The summed E-state index contributed by atoms with van der Waals surface area (Å²) in [7, 11) is 0. The molecule has 0 bridgehead atoms. The van der Waals surface area contributed by atoms with E-state index in [4.69, 9.17) is 9.47 Å². The first-order chi connectivity index (χ1) is 10.8. The lowest BCUT2D eigenvalue weighted by atomic mass is 9.97. The van der Waals surface area contributed by atoms with E-state index < -0.39 is 0 Å². The van der Waals surface area contributed by atoms with E-state index in [1.807, 2.05) is 20.8 Å². The quantitative estimate of drug-likeness (QED) is 0.788. The van der Waals surface area contributed by atoms with Crippen molar-refractivity contribution in [3.05, 3.63) is 18.2 Å². The third-order valence-electron chi connectivity index (χ3n) is 3.01. The topological polar surface area (TPSA) is 88.7 Å². The normalized spacial score (nSPS) is 13.2. The average Bonchev–Trinajstić information content (AvgIpc) is 2.50. The smallest absolute Gasteiger partial charge is 0.315 e. The van der Waals surface area contributed by atoms with Crippen molar-refractivity contribution in [2.24, 2.45) is 5.41 Å². The second-order valence-corrected chi connectivity index (χ2v) is 6.50. The minimum Gasteiger partial charge on any atom is -0.486 e. The number of benzene rings is 1. The van der Waals surface area contributed by atoms with Crippen LogP contribution >= 0.6 is 0 Å². The summed E-state index contributed by atoms with van der Waals surface area (Å²) < 4.78 is 10.9. The molecule has 1 aromatic rings. The molecule has 0 unspecified atom stereocenters. The van der Waals surface area contributed by atoms with Crippen LogP contribution in [-0.4, -0.2) is 38.2 Å². The Hall–Kier alpha value is -2.44. The Balaban J connectivity index is 1.77. The van der Waals surface area contributed by atoms with Gasteiger partial charge in [0.1, 0.15) is 13.2 Å². The molecule has 1 aromatic carbocycles. The Labute approximate surface area is 135 Å². The Morgan fingerprint density at radius 1 is 1.09 bits per heavy atom. The van der Waals surface area contributed by atoms with E-state index in [9.17, 15) is 9.59 Å². The average molecular weight is 321 g/mol. The van der Waals surface area contributed by atoms with E-state index in [0.717, 1.165) is 0 Å². The van der Waals surface area contributed by atoms with E-state index in [1.165, 1.54) is 0 Å². The third-order valence-corrected chi connectivity index (χ3v) is 3.01. The highest BCUT2D eigenvalue weighted by molar-refractivity contribution is 5.94. The zero-order chi connectivity index (χ0) is 16.9. The maximum atomic E-state index is 11.9. The first kappa shape index (κ1) is 16.9. The molecular weight excluding hydrogens is 298 g/mol. The van der Waals surface area contributed by atoms with Crippen LogP contribution in [0.15, 0.2) is 18.2 Å². The molecule has 23 heavy (non-hydrogen) atoms. The lowest BCUT2D eigenvalue weighted by Gasteiger charge is -2.19. The standard InChI is InChI=1S/C16H23N3O4/c1-16(2,3)10-18-15(21)17-9-14(20)19-11-4-5-12-13(8-11)23-7-6-22-12/h4-5,8H,6-7,9-10H2,1-3H3,(H,19,20)(H2,17,18,21). The first-order valence-electron chi connectivity index (χ1n) is 7.55. The van der Waals surface area contributed by atoms with Gasteiger partial charge in [-0.05, 0) is 17.5 Å². The first-order valence-corrected chi connectivity index (χ1v) is 7.55. The number of rotatable bonds is 4. The van der Waals surface area contributed by atoms with Gasteiger partial charge in [-0.3, -0.25) is 4.79 Å². The molecular formula is C16H23N3O4.